The first-order valence-corrected chi connectivity index (χ1v) is 9.67. The quantitative estimate of drug-likeness (QED) is 0.747. The highest BCUT2D eigenvalue weighted by molar-refractivity contribution is 5.35. The number of hydrogen-bond acceptors (Lipinski definition) is 3. The Kier molecular flexibility index (Phi) is 5.10. The minimum Gasteiger partial charge on any atom is -0.486 e. The summed E-state index contributed by atoms with van der Waals surface area (Å²) in [6, 6.07) is 13.6. The number of ether oxygens (including phenoxy) is 1. The fraction of sp³-hybridized carbons (Fsp3) is 0.455. The largest absolute Gasteiger partial charge is 0.486 e. The lowest BCUT2D eigenvalue weighted by Gasteiger charge is -2.42. The predicted molar refractivity (Wildman–Crippen MR) is 102 cm³/mol. The van der Waals surface area contributed by atoms with Crippen LogP contribution in [0.3, 0.4) is 0 Å². The van der Waals surface area contributed by atoms with Crippen LogP contribution >= 0.6 is 0 Å². The maximum Gasteiger partial charge on any atom is 0.416 e. The van der Waals surface area contributed by atoms with Crippen LogP contribution < -0.4 is 4.74 Å². The first-order chi connectivity index (χ1) is 13.3. The molecule has 1 saturated heterocycles. The van der Waals surface area contributed by atoms with E-state index in [9.17, 15) is 13.2 Å². The summed E-state index contributed by atoms with van der Waals surface area (Å²) in [5, 5.41) is 0. The topological polar surface area (TPSA) is 15.7 Å². The Balaban J connectivity index is 1.57. The zero-order valence-electron chi connectivity index (χ0n) is 16.0. The molecule has 2 aromatic rings. The highest BCUT2D eigenvalue weighted by atomic mass is 19.4. The van der Waals surface area contributed by atoms with Crippen molar-refractivity contribution in [3.8, 4) is 5.75 Å². The molecule has 6 heteroatoms. The van der Waals surface area contributed by atoms with Crippen molar-refractivity contribution in [3.63, 3.8) is 0 Å². The Morgan fingerprint density at radius 2 is 1.68 bits per heavy atom. The molecule has 0 atom stereocenters. The zero-order chi connectivity index (χ0) is 19.8. The lowest BCUT2D eigenvalue weighted by atomic mass is 9.90. The van der Waals surface area contributed by atoms with Crippen LogP contribution in [0.5, 0.6) is 5.75 Å². The molecule has 2 aromatic carbocycles. The first kappa shape index (κ1) is 19.3. The number of fused-ring (bicyclic) bond motifs is 1. The van der Waals surface area contributed by atoms with Crippen molar-refractivity contribution in [1.82, 2.24) is 9.80 Å². The molecule has 4 rings (SSSR count). The average Bonchev–Trinajstić information content (AvgIpc) is 2.80. The summed E-state index contributed by atoms with van der Waals surface area (Å²) < 4.78 is 45.1. The maximum atomic E-state index is 12.8. The van der Waals surface area contributed by atoms with Crippen molar-refractivity contribution in [1.29, 1.82) is 0 Å². The van der Waals surface area contributed by atoms with Gasteiger partial charge in [0, 0.05) is 51.1 Å². The fourth-order valence-electron chi connectivity index (χ4n) is 4.16. The second kappa shape index (κ2) is 7.41. The summed E-state index contributed by atoms with van der Waals surface area (Å²) in [5.74, 6) is 0.932. The predicted octanol–water partition coefficient (Wildman–Crippen LogP) is 4.56. The number of likely N-dealkylation sites (tertiary alicyclic amines) is 1. The number of para-hydroxylation sites is 1. The second-order valence-corrected chi connectivity index (χ2v) is 8.04. The molecule has 0 aliphatic carbocycles. The zero-order valence-corrected chi connectivity index (χ0v) is 16.0. The van der Waals surface area contributed by atoms with Gasteiger partial charge >= 0.3 is 6.18 Å². The number of piperidine rings is 1. The first-order valence-electron chi connectivity index (χ1n) is 9.67. The van der Waals surface area contributed by atoms with E-state index in [0.29, 0.717) is 6.54 Å². The van der Waals surface area contributed by atoms with Crippen molar-refractivity contribution in [2.45, 2.75) is 37.7 Å². The van der Waals surface area contributed by atoms with Gasteiger partial charge in [-0.2, -0.15) is 13.2 Å². The molecular formula is C22H25F3N2O. The van der Waals surface area contributed by atoms with Crippen LogP contribution in [-0.2, 0) is 19.3 Å². The van der Waals surface area contributed by atoms with Crippen LogP contribution in [0, 0.1) is 0 Å². The molecule has 0 bridgehead atoms. The smallest absolute Gasteiger partial charge is 0.416 e. The highest BCUT2D eigenvalue weighted by Gasteiger charge is 2.40. The van der Waals surface area contributed by atoms with Crippen molar-refractivity contribution in [2.75, 3.05) is 26.7 Å². The fourth-order valence-corrected chi connectivity index (χ4v) is 4.16. The van der Waals surface area contributed by atoms with Crippen LogP contribution in [0.25, 0.3) is 0 Å². The molecule has 0 radical (unpaired) electrons. The number of nitrogens with zero attached hydrogens (tertiary/aromatic N) is 2. The van der Waals surface area contributed by atoms with E-state index >= 15 is 0 Å². The summed E-state index contributed by atoms with van der Waals surface area (Å²) in [5.41, 5.74) is 1.17. The number of benzene rings is 2. The number of rotatable bonds is 2. The number of alkyl halides is 3. The summed E-state index contributed by atoms with van der Waals surface area (Å²) in [4.78, 5) is 4.62. The molecule has 0 amide bonds. The van der Waals surface area contributed by atoms with E-state index in [1.807, 2.05) is 18.2 Å². The normalized spacial score (nSPS) is 20.4. The monoisotopic (exact) mass is 390 g/mol. The van der Waals surface area contributed by atoms with Crippen molar-refractivity contribution < 1.29 is 17.9 Å². The Hall–Kier alpha value is -2.05. The summed E-state index contributed by atoms with van der Waals surface area (Å²) in [6.45, 7) is 4.07. The Morgan fingerprint density at radius 1 is 1.00 bits per heavy atom. The van der Waals surface area contributed by atoms with Crippen LogP contribution in [-0.4, -0.2) is 42.1 Å². The van der Waals surface area contributed by atoms with Gasteiger partial charge in [-0.25, -0.2) is 0 Å². The molecule has 0 aromatic heterocycles. The second-order valence-electron chi connectivity index (χ2n) is 8.04. The lowest BCUT2D eigenvalue weighted by molar-refractivity contribution is -0.137. The van der Waals surface area contributed by atoms with E-state index in [0.717, 1.165) is 55.9 Å². The highest BCUT2D eigenvalue weighted by Crippen LogP contribution is 2.36. The summed E-state index contributed by atoms with van der Waals surface area (Å²) in [6.07, 6.45) is -2.41. The molecule has 0 unspecified atom stereocenters. The minimum atomic E-state index is -4.30. The Morgan fingerprint density at radius 3 is 2.36 bits per heavy atom. The standard InChI is InChI=1S/C22H25F3N2O/c1-26-12-10-21(11-13-26)16-27(15-18-4-2-3-5-20(18)28-21)14-17-6-8-19(9-7-17)22(23,24)25/h2-9H,10-16H2,1H3. The third-order valence-electron chi connectivity index (χ3n) is 5.79. The molecule has 0 N–H and O–H groups in total. The third kappa shape index (κ3) is 4.18. The average molecular weight is 390 g/mol. The molecule has 1 spiro atoms. The van der Waals surface area contributed by atoms with Gasteiger partial charge in [-0.3, -0.25) is 4.90 Å². The van der Waals surface area contributed by atoms with Crippen molar-refractivity contribution in [3.05, 3.63) is 65.2 Å². The van der Waals surface area contributed by atoms with Gasteiger partial charge in [0.15, 0.2) is 0 Å². The molecule has 1 fully saturated rings. The number of halogens is 3. The lowest BCUT2D eigenvalue weighted by Crippen LogP contribution is -2.52. The van der Waals surface area contributed by atoms with E-state index in [-0.39, 0.29) is 5.60 Å². The number of hydrogen-bond donors (Lipinski definition) is 0. The van der Waals surface area contributed by atoms with E-state index in [2.05, 4.69) is 22.9 Å². The third-order valence-corrected chi connectivity index (χ3v) is 5.79. The molecule has 150 valence electrons. The summed E-state index contributed by atoms with van der Waals surface area (Å²) >= 11 is 0. The Bertz CT molecular complexity index is 811. The SMILES string of the molecule is CN1CCC2(CC1)CN(Cc1ccc(C(F)(F)F)cc1)Cc1ccccc1O2. The van der Waals surface area contributed by atoms with Gasteiger partial charge in [0.25, 0.3) is 0 Å². The van der Waals surface area contributed by atoms with Gasteiger partial charge in [-0.05, 0) is 30.8 Å². The Labute approximate surface area is 163 Å². The van der Waals surface area contributed by atoms with E-state index in [1.165, 1.54) is 12.1 Å². The van der Waals surface area contributed by atoms with Crippen LogP contribution in [0.2, 0.25) is 0 Å². The maximum absolute atomic E-state index is 12.8. The van der Waals surface area contributed by atoms with Gasteiger partial charge in [0.2, 0.25) is 0 Å². The van der Waals surface area contributed by atoms with Gasteiger partial charge < -0.3 is 9.64 Å². The van der Waals surface area contributed by atoms with Crippen molar-refractivity contribution >= 4 is 0 Å². The van der Waals surface area contributed by atoms with Crippen LogP contribution in [0.4, 0.5) is 13.2 Å². The molecule has 2 aliphatic heterocycles. The van der Waals surface area contributed by atoms with Gasteiger partial charge in [0.1, 0.15) is 11.4 Å². The van der Waals surface area contributed by atoms with E-state index < -0.39 is 11.7 Å². The molecule has 2 heterocycles. The van der Waals surface area contributed by atoms with Gasteiger partial charge in [-0.15, -0.1) is 0 Å². The summed E-state index contributed by atoms with van der Waals surface area (Å²) in [7, 11) is 2.12. The van der Waals surface area contributed by atoms with Crippen LogP contribution in [0.1, 0.15) is 29.5 Å². The van der Waals surface area contributed by atoms with Crippen LogP contribution in [0.15, 0.2) is 48.5 Å². The van der Waals surface area contributed by atoms with E-state index in [1.54, 1.807) is 12.1 Å². The molecule has 3 nitrogen and oxygen atoms in total. The minimum absolute atomic E-state index is 0.245. The van der Waals surface area contributed by atoms with Crippen molar-refractivity contribution in [2.24, 2.45) is 0 Å². The molecule has 28 heavy (non-hydrogen) atoms. The molecular weight excluding hydrogens is 365 g/mol. The molecule has 0 saturated carbocycles. The molecule has 2 aliphatic rings. The van der Waals surface area contributed by atoms with E-state index in [4.69, 9.17) is 4.74 Å². The van der Waals surface area contributed by atoms with Gasteiger partial charge in [-0.1, -0.05) is 30.3 Å². The van der Waals surface area contributed by atoms with Gasteiger partial charge in [0.05, 0.1) is 5.56 Å².